The Labute approximate surface area is 103 Å². The van der Waals surface area contributed by atoms with Crippen LogP contribution in [0.4, 0.5) is 13.2 Å². The monoisotopic (exact) mass is 327 g/mol. The molecule has 2 rings (SSSR count). The van der Waals surface area contributed by atoms with Gasteiger partial charge in [0, 0.05) is 21.6 Å². The second-order valence-electron chi connectivity index (χ2n) is 3.29. The zero-order valence-electron chi connectivity index (χ0n) is 8.05. The number of H-pyrrole nitrogens is 1. The maximum Gasteiger partial charge on any atom is 0.501 e. The van der Waals surface area contributed by atoms with Crippen LogP contribution in [0.3, 0.4) is 0 Å². The molecule has 0 fully saturated rings. The number of benzene rings is 1. The largest absolute Gasteiger partial charge is 0.501 e. The number of sulfone groups is 1. The molecule has 0 atom stereocenters. The van der Waals surface area contributed by atoms with Crippen LogP contribution in [0, 0.1) is 0 Å². The minimum atomic E-state index is -5.33. The molecule has 0 unspecified atom stereocenters. The van der Waals surface area contributed by atoms with Gasteiger partial charge in [-0.1, -0.05) is 15.9 Å². The van der Waals surface area contributed by atoms with Crippen molar-refractivity contribution in [1.82, 2.24) is 4.98 Å². The molecule has 0 spiro atoms. The number of rotatable bonds is 1. The molecule has 0 saturated carbocycles. The van der Waals surface area contributed by atoms with Crippen molar-refractivity contribution in [3.8, 4) is 0 Å². The molecule has 0 bridgehead atoms. The van der Waals surface area contributed by atoms with Gasteiger partial charge in [-0.05, 0) is 18.2 Å². The highest BCUT2D eigenvalue weighted by Crippen LogP contribution is 2.35. The third kappa shape index (κ3) is 1.95. The first-order valence-corrected chi connectivity index (χ1v) is 6.59. The highest BCUT2D eigenvalue weighted by atomic mass is 79.9. The Kier molecular flexibility index (Phi) is 2.74. The first-order valence-electron chi connectivity index (χ1n) is 4.31. The molecule has 0 amide bonds. The van der Waals surface area contributed by atoms with Crippen LogP contribution in [0.2, 0.25) is 0 Å². The predicted molar refractivity (Wildman–Crippen MR) is 59.2 cm³/mol. The fourth-order valence-corrected chi connectivity index (χ4v) is 2.70. The SMILES string of the molecule is O=S(=O)(c1c[nH]c2ccc(Br)cc12)C(F)(F)F. The van der Waals surface area contributed by atoms with Gasteiger partial charge in [0.1, 0.15) is 4.90 Å². The molecule has 8 heteroatoms. The average Bonchev–Trinajstić information content (AvgIpc) is 2.58. The number of hydrogen-bond donors (Lipinski definition) is 1. The molecule has 17 heavy (non-hydrogen) atoms. The molecule has 92 valence electrons. The summed E-state index contributed by atoms with van der Waals surface area (Å²) in [6.07, 6.45) is 0.847. The van der Waals surface area contributed by atoms with E-state index in [1.807, 2.05) is 0 Å². The van der Waals surface area contributed by atoms with E-state index in [4.69, 9.17) is 0 Å². The molecule has 1 heterocycles. The summed E-state index contributed by atoms with van der Waals surface area (Å²) in [5.41, 5.74) is -4.97. The molecule has 1 aromatic heterocycles. The topological polar surface area (TPSA) is 49.9 Å². The van der Waals surface area contributed by atoms with Crippen LogP contribution in [0.5, 0.6) is 0 Å². The Bertz CT molecular complexity index is 675. The minimum absolute atomic E-state index is 0.0108. The van der Waals surface area contributed by atoms with Gasteiger partial charge < -0.3 is 4.98 Å². The first-order chi connectivity index (χ1) is 7.73. The van der Waals surface area contributed by atoms with E-state index < -0.39 is 20.2 Å². The summed E-state index contributed by atoms with van der Waals surface area (Å²) in [4.78, 5) is 1.73. The molecular weight excluding hydrogens is 323 g/mol. The van der Waals surface area contributed by atoms with E-state index in [-0.39, 0.29) is 5.39 Å². The van der Waals surface area contributed by atoms with Gasteiger partial charge in [-0.15, -0.1) is 0 Å². The molecule has 0 saturated heterocycles. The van der Waals surface area contributed by atoms with E-state index in [1.54, 1.807) is 6.07 Å². The van der Waals surface area contributed by atoms with Crippen LogP contribution in [-0.4, -0.2) is 18.9 Å². The van der Waals surface area contributed by atoms with Gasteiger partial charge in [-0.25, -0.2) is 8.42 Å². The quantitative estimate of drug-likeness (QED) is 0.874. The van der Waals surface area contributed by atoms with Crippen LogP contribution in [0.25, 0.3) is 10.9 Å². The van der Waals surface area contributed by atoms with E-state index in [0.717, 1.165) is 6.20 Å². The van der Waals surface area contributed by atoms with Crippen molar-refractivity contribution in [1.29, 1.82) is 0 Å². The fraction of sp³-hybridized carbons (Fsp3) is 0.111. The summed E-state index contributed by atoms with van der Waals surface area (Å²) in [5, 5.41) is 0.0108. The standard InChI is InChI=1S/C9H5BrF3NO2S/c10-5-1-2-7-6(3-5)8(4-14-7)17(15,16)9(11,12)13/h1-4,14H. The number of aromatic amines is 1. The van der Waals surface area contributed by atoms with E-state index in [9.17, 15) is 21.6 Å². The van der Waals surface area contributed by atoms with Crippen molar-refractivity contribution in [3.63, 3.8) is 0 Å². The number of nitrogens with one attached hydrogen (secondary N) is 1. The zero-order chi connectivity index (χ0) is 12.8. The first kappa shape index (κ1) is 12.4. The van der Waals surface area contributed by atoms with Gasteiger partial charge in [-0.2, -0.15) is 13.2 Å². The second kappa shape index (κ2) is 3.74. The van der Waals surface area contributed by atoms with Crippen LogP contribution >= 0.6 is 15.9 Å². The smallest absolute Gasteiger partial charge is 0.360 e. The van der Waals surface area contributed by atoms with E-state index in [1.165, 1.54) is 12.1 Å². The normalized spacial score (nSPS) is 13.2. The summed E-state index contributed by atoms with van der Waals surface area (Å²) >= 11 is 3.08. The molecule has 2 aromatic rings. The van der Waals surface area contributed by atoms with E-state index in [2.05, 4.69) is 20.9 Å². The average molecular weight is 328 g/mol. The summed E-state index contributed by atoms with van der Waals surface area (Å²) in [6.45, 7) is 0. The number of aromatic nitrogens is 1. The van der Waals surface area contributed by atoms with Crippen molar-refractivity contribution >= 4 is 36.7 Å². The van der Waals surface area contributed by atoms with Crippen LogP contribution in [-0.2, 0) is 9.84 Å². The molecule has 1 aromatic carbocycles. The Morgan fingerprint density at radius 2 is 1.88 bits per heavy atom. The van der Waals surface area contributed by atoms with Crippen molar-refractivity contribution in [2.45, 2.75) is 10.4 Å². The maximum absolute atomic E-state index is 12.4. The summed E-state index contributed by atoms with van der Waals surface area (Å²) in [7, 11) is -5.33. The van der Waals surface area contributed by atoms with Crippen molar-refractivity contribution < 1.29 is 21.6 Å². The number of alkyl halides is 3. The van der Waals surface area contributed by atoms with Crippen LogP contribution < -0.4 is 0 Å². The minimum Gasteiger partial charge on any atom is -0.360 e. The molecule has 3 nitrogen and oxygen atoms in total. The summed E-state index contributed by atoms with van der Waals surface area (Å²) in [6, 6.07) is 4.42. The Morgan fingerprint density at radius 1 is 1.24 bits per heavy atom. The van der Waals surface area contributed by atoms with Gasteiger partial charge >= 0.3 is 5.51 Å². The molecular formula is C9H5BrF3NO2S. The highest BCUT2D eigenvalue weighted by molar-refractivity contribution is 9.10. The number of halogens is 4. The maximum atomic E-state index is 12.4. The van der Waals surface area contributed by atoms with Gasteiger partial charge in [0.05, 0.1) is 0 Å². The van der Waals surface area contributed by atoms with Crippen molar-refractivity contribution in [2.75, 3.05) is 0 Å². The predicted octanol–water partition coefficient (Wildman–Crippen LogP) is 3.22. The summed E-state index contributed by atoms with van der Waals surface area (Å²) < 4.78 is 60.3. The molecule has 0 radical (unpaired) electrons. The lowest BCUT2D eigenvalue weighted by molar-refractivity contribution is -0.0435. The van der Waals surface area contributed by atoms with Crippen molar-refractivity contribution in [3.05, 3.63) is 28.9 Å². The Hall–Kier alpha value is -1.02. The Balaban J connectivity index is 2.77. The lowest BCUT2D eigenvalue weighted by Crippen LogP contribution is -2.22. The van der Waals surface area contributed by atoms with Crippen molar-refractivity contribution in [2.24, 2.45) is 0 Å². The third-order valence-electron chi connectivity index (χ3n) is 2.20. The second-order valence-corrected chi connectivity index (χ2v) is 6.12. The highest BCUT2D eigenvalue weighted by Gasteiger charge is 2.48. The molecule has 0 aliphatic carbocycles. The number of hydrogen-bond acceptors (Lipinski definition) is 2. The zero-order valence-corrected chi connectivity index (χ0v) is 10.4. The fourth-order valence-electron chi connectivity index (χ4n) is 1.41. The number of fused-ring (bicyclic) bond motifs is 1. The lowest BCUT2D eigenvalue weighted by atomic mass is 10.2. The van der Waals surface area contributed by atoms with E-state index in [0.29, 0.717) is 9.99 Å². The van der Waals surface area contributed by atoms with Gasteiger partial charge in [-0.3, -0.25) is 0 Å². The lowest BCUT2D eigenvalue weighted by Gasteiger charge is -2.06. The molecule has 1 N–H and O–H groups in total. The van der Waals surface area contributed by atoms with E-state index >= 15 is 0 Å². The molecule has 0 aliphatic rings. The van der Waals surface area contributed by atoms with Gasteiger partial charge in [0.25, 0.3) is 9.84 Å². The van der Waals surface area contributed by atoms with Crippen LogP contribution in [0.1, 0.15) is 0 Å². The Morgan fingerprint density at radius 3 is 2.47 bits per heavy atom. The van der Waals surface area contributed by atoms with Gasteiger partial charge in [0.2, 0.25) is 0 Å². The van der Waals surface area contributed by atoms with Gasteiger partial charge in [0.15, 0.2) is 0 Å². The summed E-state index contributed by atoms with van der Waals surface area (Å²) in [5.74, 6) is 0. The van der Waals surface area contributed by atoms with Crippen LogP contribution in [0.15, 0.2) is 33.8 Å². The third-order valence-corrected chi connectivity index (χ3v) is 4.22. The molecule has 0 aliphatic heterocycles.